The largest absolute Gasteiger partial charge is 0.497 e. The second-order valence-electron chi connectivity index (χ2n) is 5.95. The van der Waals surface area contributed by atoms with E-state index in [4.69, 9.17) is 10.5 Å². The Balaban J connectivity index is 2.01. The van der Waals surface area contributed by atoms with Gasteiger partial charge in [-0.3, -0.25) is 4.90 Å². The standard InChI is InChI=1S/C15H24N2O/c1-15(2)11-17(8-7-14(15)16)10-12-5-4-6-13(9-12)18-3/h4-6,9,14H,7-8,10-11,16H2,1-3H3. The van der Waals surface area contributed by atoms with Gasteiger partial charge in [0.15, 0.2) is 0 Å². The molecule has 0 aliphatic carbocycles. The van der Waals surface area contributed by atoms with E-state index in [0.717, 1.165) is 31.8 Å². The Morgan fingerprint density at radius 3 is 2.89 bits per heavy atom. The van der Waals surface area contributed by atoms with E-state index in [9.17, 15) is 0 Å². The maximum absolute atomic E-state index is 6.17. The van der Waals surface area contributed by atoms with E-state index in [1.54, 1.807) is 7.11 Å². The van der Waals surface area contributed by atoms with Gasteiger partial charge in [-0.25, -0.2) is 0 Å². The maximum atomic E-state index is 6.17. The van der Waals surface area contributed by atoms with Crippen LogP contribution in [0.2, 0.25) is 0 Å². The van der Waals surface area contributed by atoms with Gasteiger partial charge in [0, 0.05) is 25.7 Å². The number of nitrogens with zero attached hydrogens (tertiary/aromatic N) is 1. The highest BCUT2D eigenvalue weighted by atomic mass is 16.5. The molecule has 2 rings (SSSR count). The highest BCUT2D eigenvalue weighted by molar-refractivity contribution is 5.28. The normalized spacial score (nSPS) is 23.9. The monoisotopic (exact) mass is 248 g/mol. The lowest BCUT2D eigenvalue weighted by Gasteiger charge is -2.42. The maximum Gasteiger partial charge on any atom is 0.119 e. The van der Waals surface area contributed by atoms with Crippen molar-refractivity contribution in [2.45, 2.75) is 32.9 Å². The van der Waals surface area contributed by atoms with Crippen molar-refractivity contribution < 1.29 is 4.74 Å². The van der Waals surface area contributed by atoms with Crippen molar-refractivity contribution in [3.8, 4) is 5.75 Å². The fourth-order valence-corrected chi connectivity index (χ4v) is 2.65. The molecule has 1 unspecified atom stereocenters. The first-order valence-electron chi connectivity index (χ1n) is 6.62. The van der Waals surface area contributed by atoms with Crippen LogP contribution >= 0.6 is 0 Å². The molecule has 100 valence electrons. The molecule has 1 aromatic carbocycles. The smallest absolute Gasteiger partial charge is 0.119 e. The van der Waals surface area contributed by atoms with Gasteiger partial charge in [-0.2, -0.15) is 0 Å². The number of rotatable bonds is 3. The average Bonchev–Trinajstić information content (AvgIpc) is 2.34. The van der Waals surface area contributed by atoms with Crippen LogP contribution in [0.5, 0.6) is 5.75 Å². The number of nitrogens with two attached hydrogens (primary N) is 1. The molecule has 0 radical (unpaired) electrons. The predicted molar refractivity (Wildman–Crippen MR) is 74.6 cm³/mol. The molecule has 2 N–H and O–H groups in total. The Hall–Kier alpha value is -1.06. The molecule has 0 saturated carbocycles. The van der Waals surface area contributed by atoms with Crippen LogP contribution < -0.4 is 10.5 Å². The van der Waals surface area contributed by atoms with E-state index in [-0.39, 0.29) is 5.41 Å². The highest BCUT2D eigenvalue weighted by Crippen LogP contribution is 2.28. The second-order valence-corrected chi connectivity index (χ2v) is 5.95. The molecule has 18 heavy (non-hydrogen) atoms. The zero-order chi connectivity index (χ0) is 13.2. The summed E-state index contributed by atoms with van der Waals surface area (Å²) in [6.45, 7) is 7.64. The van der Waals surface area contributed by atoms with E-state index in [1.807, 2.05) is 6.07 Å². The Kier molecular flexibility index (Phi) is 3.93. The van der Waals surface area contributed by atoms with Crippen molar-refractivity contribution >= 4 is 0 Å². The summed E-state index contributed by atoms with van der Waals surface area (Å²) in [7, 11) is 1.71. The third kappa shape index (κ3) is 3.03. The number of likely N-dealkylation sites (tertiary alicyclic amines) is 1. The third-order valence-corrected chi connectivity index (χ3v) is 3.93. The molecule has 3 heteroatoms. The van der Waals surface area contributed by atoms with Crippen LogP contribution in [-0.4, -0.2) is 31.1 Å². The first-order valence-corrected chi connectivity index (χ1v) is 6.62. The quantitative estimate of drug-likeness (QED) is 0.891. The fourth-order valence-electron chi connectivity index (χ4n) is 2.65. The fraction of sp³-hybridized carbons (Fsp3) is 0.600. The molecule has 1 atom stereocenters. The third-order valence-electron chi connectivity index (χ3n) is 3.93. The summed E-state index contributed by atoms with van der Waals surface area (Å²) in [5.41, 5.74) is 7.68. The van der Waals surface area contributed by atoms with Gasteiger partial charge in [0.25, 0.3) is 0 Å². The SMILES string of the molecule is COc1cccc(CN2CCC(N)C(C)(C)C2)c1. The van der Waals surface area contributed by atoms with E-state index in [1.165, 1.54) is 5.56 Å². The van der Waals surface area contributed by atoms with Gasteiger partial charge in [0.2, 0.25) is 0 Å². The summed E-state index contributed by atoms with van der Waals surface area (Å²) in [4.78, 5) is 2.48. The van der Waals surface area contributed by atoms with Crippen LogP contribution in [0.25, 0.3) is 0 Å². The molecule has 0 bridgehead atoms. The number of ether oxygens (including phenoxy) is 1. The lowest BCUT2D eigenvalue weighted by molar-refractivity contribution is 0.0898. The molecule has 0 amide bonds. The summed E-state index contributed by atoms with van der Waals surface area (Å²) in [6, 6.07) is 8.62. The van der Waals surface area contributed by atoms with Crippen LogP contribution in [0.1, 0.15) is 25.8 Å². The molecular weight excluding hydrogens is 224 g/mol. The summed E-state index contributed by atoms with van der Waals surface area (Å²) >= 11 is 0. The molecule has 0 spiro atoms. The summed E-state index contributed by atoms with van der Waals surface area (Å²) in [5, 5.41) is 0. The van der Waals surface area contributed by atoms with Gasteiger partial charge < -0.3 is 10.5 Å². The Bertz CT molecular complexity index is 403. The van der Waals surface area contributed by atoms with E-state index in [2.05, 4.69) is 36.9 Å². The van der Waals surface area contributed by atoms with Crippen LogP contribution in [-0.2, 0) is 6.54 Å². The van der Waals surface area contributed by atoms with Crippen LogP contribution in [0.4, 0.5) is 0 Å². The molecular formula is C15H24N2O. The number of benzene rings is 1. The lowest BCUT2D eigenvalue weighted by atomic mass is 9.79. The van der Waals surface area contributed by atoms with Gasteiger partial charge >= 0.3 is 0 Å². The first kappa shape index (κ1) is 13.4. The number of hydrogen-bond acceptors (Lipinski definition) is 3. The number of methoxy groups -OCH3 is 1. The minimum absolute atomic E-state index is 0.205. The Labute approximate surface area is 110 Å². The van der Waals surface area contributed by atoms with E-state index >= 15 is 0 Å². The van der Waals surface area contributed by atoms with E-state index < -0.39 is 0 Å². The highest BCUT2D eigenvalue weighted by Gasteiger charge is 2.33. The van der Waals surface area contributed by atoms with Crippen molar-refractivity contribution in [2.75, 3.05) is 20.2 Å². The molecule has 3 nitrogen and oxygen atoms in total. The molecule has 1 fully saturated rings. The minimum atomic E-state index is 0.205. The van der Waals surface area contributed by atoms with Crippen molar-refractivity contribution in [1.29, 1.82) is 0 Å². The summed E-state index contributed by atoms with van der Waals surface area (Å²) < 4.78 is 5.26. The minimum Gasteiger partial charge on any atom is -0.497 e. The van der Waals surface area contributed by atoms with Gasteiger partial charge in [-0.15, -0.1) is 0 Å². The predicted octanol–water partition coefficient (Wildman–Crippen LogP) is 2.25. The van der Waals surface area contributed by atoms with Gasteiger partial charge in [-0.1, -0.05) is 26.0 Å². The topological polar surface area (TPSA) is 38.5 Å². The average molecular weight is 248 g/mol. The van der Waals surface area contributed by atoms with Crippen LogP contribution in [0, 0.1) is 5.41 Å². The summed E-state index contributed by atoms with van der Waals surface area (Å²) in [5.74, 6) is 0.931. The lowest BCUT2D eigenvalue weighted by Crippen LogP contribution is -2.52. The van der Waals surface area contributed by atoms with Crippen LogP contribution in [0.15, 0.2) is 24.3 Å². The molecule has 1 aliphatic rings. The number of hydrogen-bond donors (Lipinski definition) is 1. The molecule has 1 aromatic rings. The second kappa shape index (κ2) is 5.29. The van der Waals surface area contributed by atoms with Crippen LogP contribution in [0.3, 0.4) is 0 Å². The van der Waals surface area contributed by atoms with Gasteiger partial charge in [0.1, 0.15) is 5.75 Å². The van der Waals surface area contributed by atoms with Crippen molar-refractivity contribution in [2.24, 2.45) is 11.1 Å². The van der Waals surface area contributed by atoms with E-state index in [0.29, 0.717) is 6.04 Å². The number of piperidine rings is 1. The zero-order valence-electron chi connectivity index (χ0n) is 11.6. The molecule has 0 aromatic heterocycles. The zero-order valence-corrected chi connectivity index (χ0v) is 11.6. The van der Waals surface area contributed by atoms with Crippen molar-refractivity contribution in [1.82, 2.24) is 4.90 Å². The molecule has 1 saturated heterocycles. The molecule has 1 aliphatic heterocycles. The summed E-state index contributed by atoms with van der Waals surface area (Å²) in [6.07, 6.45) is 1.08. The first-order chi connectivity index (χ1) is 8.51. The Morgan fingerprint density at radius 1 is 1.44 bits per heavy atom. The van der Waals surface area contributed by atoms with Gasteiger partial charge in [0.05, 0.1) is 7.11 Å². The molecule has 1 heterocycles. The van der Waals surface area contributed by atoms with Crippen molar-refractivity contribution in [3.05, 3.63) is 29.8 Å². The van der Waals surface area contributed by atoms with Crippen molar-refractivity contribution in [3.63, 3.8) is 0 Å². The Morgan fingerprint density at radius 2 is 2.22 bits per heavy atom. The van der Waals surface area contributed by atoms with Gasteiger partial charge in [-0.05, 0) is 29.5 Å².